The van der Waals surface area contributed by atoms with E-state index in [0.29, 0.717) is 5.56 Å². The number of carbonyl (C=O) groups is 1. The van der Waals surface area contributed by atoms with E-state index >= 15 is 0 Å². The second kappa shape index (κ2) is 5.24. The van der Waals surface area contributed by atoms with Crippen molar-refractivity contribution in [3.8, 4) is 0 Å². The summed E-state index contributed by atoms with van der Waals surface area (Å²) in [5.74, 6) is -1.03. The Morgan fingerprint density at radius 1 is 1.62 bits per heavy atom. The van der Waals surface area contributed by atoms with Crippen LogP contribution < -0.4 is 4.72 Å². The molecule has 0 aliphatic carbocycles. The molecule has 0 bridgehead atoms. The van der Waals surface area contributed by atoms with Gasteiger partial charge in [-0.3, -0.25) is 0 Å². The van der Waals surface area contributed by atoms with Crippen molar-refractivity contribution < 1.29 is 18.3 Å². The van der Waals surface area contributed by atoms with Crippen molar-refractivity contribution in [2.75, 3.05) is 6.26 Å². The smallest absolute Gasteiger partial charge is 0.328 e. The minimum absolute atomic E-state index is 0.176. The Kier molecular flexibility index (Phi) is 4.22. The maximum absolute atomic E-state index is 10.9. The van der Waals surface area contributed by atoms with Gasteiger partial charge in [-0.1, -0.05) is 0 Å². The van der Waals surface area contributed by atoms with Crippen LogP contribution in [0.1, 0.15) is 10.4 Å². The molecule has 2 N–H and O–H groups in total. The van der Waals surface area contributed by atoms with Gasteiger partial charge in [-0.05, 0) is 23.1 Å². The van der Waals surface area contributed by atoms with Crippen LogP contribution in [0.2, 0.25) is 0 Å². The number of rotatable bonds is 5. The molecular weight excluding hydrogens is 250 g/mol. The second-order valence-electron chi connectivity index (χ2n) is 3.06. The summed E-state index contributed by atoms with van der Waals surface area (Å²) in [5.41, 5.74) is 0.712. The van der Waals surface area contributed by atoms with Gasteiger partial charge in [0.15, 0.2) is 0 Å². The molecule has 0 aromatic carbocycles. The molecule has 0 unspecified atom stereocenters. The molecular formula is C9H11NO4S2. The lowest BCUT2D eigenvalue weighted by atomic mass is 10.2. The Hall–Kier alpha value is -1.18. The van der Waals surface area contributed by atoms with Gasteiger partial charge in [-0.15, -0.1) is 11.3 Å². The first-order valence-corrected chi connectivity index (χ1v) is 7.07. The lowest BCUT2D eigenvalue weighted by Crippen LogP contribution is -2.20. The summed E-state index contributed by atoms with van der Waals surface area (Å²) >= 11 is 1.37. The van der Waals surface area contributed by atoms with Gasteiger partial charge in [0.2, 0.25) is 10.0 Å². The van der Waals surface area contributed by atoms with Crippen molar-refractivity contribution in [3.63, 3.8) is 0 Å². The van der Waals surface area contributed by atoms with Crippen molar-refractivity contribution in [3.05, 3.63) is 28.0 Å². The molecule has 0 aliphatic rings. The van der Waals surface area contributed by atoms with Gasteiger partial charge in [0.25, 0.3) is 0 Å². The van der Waals surface area contributed by atoms with Crippen molar-refractivity contribution in [1.29, 1.82) is 0 Å². The third-order valence-corrected chi connectivity index (χ3v) is 3.29. The highest BCUT2D eigenvalue weighted by atomic mass is 32.2. The number of hydrogen-bond acceptors (Lipinski definition) is 4. The summed E-state index contributed by atoms with van der Waals surface area (Å²) < 4.78 is 24.1. The van der Waals surface area contributed by atoms with Gasteiger partial charge in [0.1, 0.15) is 0 Å². The van der Waals surface area contributed by atoms with Crippen LogP contribution in [-0.2, 0) is 21.4 Å². The van der Waals surface area contributed by atoms with Gasteiger partial charge in [-0.25, -0.2) is 17.9 Å². The molecule has 7 heteroatoms. The van der Waals surface area contributed by atoms with Gasteiger partial charge in [0.05, 0.1) is 6.26 Å². The van der Waals surface area contributed by atoms with Crippen molar-refractivity contribution in [2.24, 2.45) is 0 Å². The first kappa shape index (κ1) is 12.9. The molecule has 16 heavy (non-hydrogen) atoms. The first-order valence-electron chi connectivity index (χ1n) is 4.30. The quantitative estimate of drug-likeness (QED) is 0.771. The Balaban J connectivity index is 2.75. The fourth-order valence-corrected chi connectivity index (χ4v) is 2.30. The number of hydrogen-bond donors (Lipinski definition) is 2. The minimum atomic E-state index is -3.23. The summed E-state index contributed by atoms with van der Waals surface area (Å²) in [4.78, 5) is 11.1. The van der Waals surface area contributed by atoms with Gasteiger partial charge < -0.3 is 5.11 Å². The molecule has 5 nitrogen and oxygen atoms in total. The predicted octanol–water partition coefficient (Wildman–Crippen LogP) is 0.895. The molecule has 1 aromatic rings. The summed E-state index contributed by atoms with van der Waals surface area (Å²) in [6.45, 7) is 0.176. The molecule has 1 rings (SSSR count). The number of sulfonamides is 1. The van der Waals surface area contributed by atoms with E-state index in [1.807, 2.05) is 0 Å². The molecule has 0 aliphatic heterocycles. The van der Waals surface area contributed by atoms with E-state index in [0.717, 1.165) is 17.2 Å². The highest BCUT2D eigenvalue weighted by molar-refractivity contribution is 7.88. The Bertz CT molecular complexity index is 501. The van der Waals surface area contributed by atoms with E-state index in [1.54, 1.807) is 11.4 Å². The van der Waals surface area contributed by atoms with Crippen molar-refractivity contribution in [1.82, 2.24) is 4.72 Å². The highest BCUT2D eigenvalue weighted by Crippen LogP contribution is 2.18. The Morgan fingerprint density at radius 3 is 2.88 bits per heavy atom. The van der Waals surface area contributed by atoms with Crippen LogP contribution in [0, 0.1) is 0 Å². The number of carboxylic acids is 1. The zero-order chi connectivity index (χ0) is 12.2. The normalized spacial score (nSPS) is 12.1. The van der Waals surface area contributed by atoms with Crippen LogP contribution in [0.3, 0.4) is 0 Å². The molecule has 0 atom stereocenters. The average molecular weight is 261 g/mol. The largest absolute Gasteiger partial charge is 0.478 e. The fourth-order valence-electron chi connectivity index (χ4n) is 1.00. The van der Waals surface area contributed by atoms with Crippen LogP contribution in [-0.4, -0.2) is 25.7 Å². The number of carboxylic acid groups (broad SMARTS) is 1. The minimum Gasteiger partial charge on any atom is -0.478 e. The molecule has 0 spiro atoms. The maximum atomic E-state index is 10.9. The zero-order valence-corrected chi connectivity index (χ0v) is 10.1. The number of thiophene rings is 1. The summed E-state index contributed by atoms with van der Waals surface area (Å²) in [5, 5.41) is 10.2. The van der Waals surface area contributed by atoms with E-state index in [9.17, 15) is 13.2 Å². The molecule has 0 saturated carbocycles. The Morgan fingerprint density at radius 2 is 2.31 bits per heavy atom. The van der Waals surface area contributed by atoms with Gasteiger partial charge >= 0.3 is 5.97 Å². The SMILES string of the molecule is CS(=O)(=O)NCc1sccc1C=CC(=O)O. The third-order valence-electron chi connectivity index (χ3n) is 1.68. The number of nitrogens with one attached hydrogen (secondary N) is 1. The van der Waals surface area contributed by atoms with Crippen molar-refractivity contribution in [2.45, 2.75) is 6.54 Å². The molecule has 0 radical (unpaired) electrons. The lowest BCUT2D eigenvalue weighted by Gasteiger charge is -2.00. The molecule has 1 heterocycles. The monoisotopic (exact) mass is 261 g/mol. The predicted molar refractivity (Wildman–Crippen MR) is 62.7 cm³/mol. The van der Waals surface area contributed by atoms with Crippen LogP contribution >= 0.6 is 11.3 Å². The lowest BCUT2D eigenvalue weighted by molar-refractivity contribution is -0.131. The maximum Gasteiger partial charge on any atom is 0.328 e. The van der Waals surface area contributed by atoms with Crippen molar-refractivity contribution >= 4 is 33.4 Å². The third kappa shape index (κ3) is 4.56. The highest BCUT2D eigenvalue weighted by Gasteiger charge is 2.05. The van der Waals surface area contributed by atoms with Crippen LogP contribution in [0.15, 0.2) is 17.5 Å². The van der Waals surface area contributed by atoms with E-state index in [4.69, 9.17) is 5.11 Å². The van der Waals surface area contributed by atoms with Crippen LogP contribution in [0.4, 0.5) is 0 Å². The van der Waals surface area contributed by atoms with Gasteiger partial charge in [0, 0.05) is 17.5 Å². The average Bonchev–Trinajstić information content (AvgIpc) is 2.57. The summed E-state index contributed by atoms with van der Waals surface area (Å²) in [6.07, 6.45) is 3.54. The topological polar surface area (TPSA) is 83.5 Å². The molecule has 0 saturated heterocycles. The summed E-state index contributed by atoms with van der Waals surface area (Å²) in [7, 11) is -3.23. The zero-order valence-electron chi connectivity index (χ0n) is 8.50. The molecule has 88 valence electrons. The molecule has 1 aromatic heterocycles. The van der Waals surface area contributed by atoms with E-state index in [-0.39, 0.29) is 6.54 Å². The van der Waals surface area contributed by atoms with Crippen LogP contribution in [0.5, 0.6) is 0 Å². The summed E-state index contributed by atoms with van der Waals surface area (Å²) in [6, 6.07) is 1.74. The van der Waals surface area contributed by atoms with E-state index in [2.05, 4.69) is 4.72 Å². The van der Waals surface area contributed by atoms with Crippen LogP contribution in [0.25, 0.3) is 6.08 Å². The van der Waals surface area contributed by atoms with E-state index in [1.165, 1.54) is 17.4 Å². The first-order chi connectivity index (χ1) is 7.38. The fraction of sp³-hybridized carbons (Fsp3) is 0.222. The molecule has 0 amide bonds. The standard InChI is InChI=1S/C9H11NO4S2/c1-16(13,14)10-6-8-7(4-5-15-8)2-3-9(11)12/h2-5,10H,6H2,1H3,(H,11,12). The molecule has 0 fully saturated rings. The van der Waals surface area contributed by atoms with Gasteiger partial charge in [-0.2, -0.15) is 0 Å². The Labute approximate surface area is 97.5 Å². The second-order valence-corrected chi connectivity index (χ2v) is 5.90. The number of aliphatic carboxylic acids is 1. The van der Waals surface area contributed by atoms with E-state index < -0.39 is 16.0 Å².